The van der Waals surface area contributed by atoms with Crippen LogP contribution >= 0.6 is 0 Å². The highest BCUT2D eigenvalue weighted by molar-refractivity contribution is 5.98. The molecule has 2 aliphatic heterocycles. The van der Waals surface area contributed by atoms with Crippen LogP contribution in [0.3, 0.4) is 0 Å². The highest BCUT2D eigenvalue weighted by Gasteiger charge is 2.35. The number of nitrogens with one attached hydrogen (secondary N) is 1. The fourth-order valence-electron chi connectivity index (χ4n) is 2.56. The average molecular weight is 264 g/mol. The van der Waals surface area contributed by atoms with Gasteiger partial charge in [-0.2, -0.15) is 0 Å². The van der Waals surface area contributed by atoms with E-state index in [0.29, 0.717) is 13.2 Å². The van der Waals surface area contributed by atoms with E-state index in [1.165, 1.54) is 12.1 Å². The van der Waals surface area contributed by atoms with Crippen LogP contribution in [0.15, 0.2) is 24.3 Å². The van der Waals surface area contributed by atoms with Crippen molar-refractivity contribution >= 4 is 11.6 Å². The molecule has 0 saturated carbocycles. The normalized spacial score (nSPS) is 23.1. The van der Waals surface area contributed by atoms with Crippen LogP contribution in [0.5, 0.6) is 0 Å². The molecular formula is C14H17FN2O2. The SMILES string of the molecule is O=C(C1CCCN1)N(c1ccc(F)cc1)C1COC1. The van der Waals surface area contributed by atoms with E-state index in [-0.39, 0.29) is 23.8 Å². The van der Waals surface area contributed by atoms with E-state index in [4.69, 9.17) is 4.74 Å². The summed E-state index contributed by atoms with van der Waals surface area (Å²) in [6.07, 6.45) is 1.89. The summed E-state index contributed by atoms with van der Waals surface area (Å²) in [6, 6.07) is 6.03. The summed E-state index contributed by atoms with van der Waals surface area (Å²) >= 11 is 0. The Balaban J connectivity index is 1.84. The van der Waals surface area contributed by atoms with Crippen molar-refractivity contribution in [1.29, 1.82) is 0 Å². The molecule has 0 aliphatic carbocycles. The zero-order chi connectivity index (χ0) is 13.2. The van der Waals surface area contributed by atoms with Gasteiger partial charge >= 0.3 is 0 Å². The summed E-state index contributed by atoms with van der Waals surface area (Å²) in [4.78, 5) is 14.3. The first kappa shape index (κ1) is 12.6. The standard InChI is InChI=1S/C14H17FN2O2/c15-10-3-5-11(6-4-10)17(12-8-19-9-12)14(18)13-2-1-7-16-13/h3-6,12-13,16H,1-2,7-9H2. The molecule has 3 rings (SSSR count). The van der Waals surface area contributed by atoms with Crippen LogP contribution in [0.2, 0.25) is 0 Å². The Bertz CT molecular complexity index is 453. The van der Waals surface area contributed by atoms with Gasteiger partial charge in [0.25, 0.3) is 0 Å². The summed E-state index contributed by atoms with van der Waals surface area (Å²) in [5, 5.41) is 3.21. The zero-order valence-electron chi connectivity index (χ0n) is 10.6. The van der Waals surface area contributed by atoms with Gasteiger partial charge in [0.2, 0.25) is 5.91 Å². The first-order valence-corrected chi connectivity index (χ1v) is 6.65. The van der Waals surface area contributed by atoms with Crippen molar-refractivity contribution in [2.45, 2.75) is 24.9 Å². The highest BCUT2D eigenvalue weighted by atomic mass is 19.1. The van der Waals surface area contributed by atoms with Crippen molar-refractivity contribution in [3.63, 3.8) is 0 Å². The largest absolute Gasteiger partial charge is 0.377 e. The molecule has 2 saturated heterocycles. The molecule has 0 bridgehead atoms. The van der Waals surface area contributed by atoms with Crippen LogP contribution in [0.25, 0.3) is 0 Å². The maximum absolute atomic E-state index is 13.0. The van der Waals surface area contributed by atoms with E-state index in [1.807, 2.05) is 0 Å². The lowest BCUT2D eigenvalue weighted by atomic mass is 10.1. The Morgan fingerprint density at radius 2 is 2.05 bits per heavy atom. The second-order valence-corrected chi connectivity index (χ2v) is 5.02. The van der Waals surface area contributed by atoms with Crippen LogP contribution in [0.4, 0.5) is 10.1 Å². The number of carbonyl (C=O) groups excluding carboxylic acids is 1. The Morgan fingerprint density at radius 1 is 1.32 bits per heavy atom. The molecule has 1 amide bonds. The minimum Gasteiger partial charge on any atom is -0.377 e. The topological polar surface area (TPSA) is 41.6 Å². The molecule has 0 aromatic heterocycles. The average Bonchev–Trinajstić information content (AvgIpc) is 2.88. The molecule has 1 atom stereocenters. The Morgan fingerprint density at radius 3 is 2.58 bits per heavy atom. The Labute approximate surface area is 111 Å². The van der Waals surface area contributed by atoms with E-state index in [0.717, 1.165) is 25.1 Å². The lowest BCUT2D eigenvalue weighted by molar-refractivity contribution is -0.123. The van der Waals surface area contributed by atoms with Gasteiger partial charge in [0.05, 0.1) is 25.3 Å². The van der Waals surface area contributed by atoms with Gasteiger partial charge in [-0.3, -0.25) is 4.79 Å². The summed E-state index contributed by atoms with van der Waals surface area (Å²) in [5.41, 5.74) is 0.744. The molecule has 102 valence electrons. The fraction of sp³-hybridized carbons (Fsp3) is 0.500. The van der Waals surface area contributed by atoms with E-state index in [1.54, 1.807) is 17.0 Å². The number of nitrogens with zero attached hydrogens (tertiary/aromatic N) is 1. The first-order valence-electron chi connectivity index (χ1n) is 6.65. The number of benzene rings is 1. The van der Waals surface area contributed by atoms with Gasteiger partial charge in [-0.1, -0.05) is 0 Å². The Hall–Kier alpha value is -1.46. The maximum Gasteiger partial charge on any atom is 0.244 e. The van der Waals surface area contributed by atoms with Gasteiger partial charge in [0.15, 0.2) is 0 Å². The summed E-state index contributed by atoms with van der Waals surface area (Å²) in [6.45, 7) is 1.99. The number of anilines is 1. The number of hydrogen-bond acceptors (Lipinski definition) is 3. The number of hydrogen-bond donors (Lipinski definition) is 1. The van der Waals surface area contributed by atoms with Crippen LogP contribution < -0.4 is 10.2 Å². The molecule has 0 spiro atoms. The number of ether oxygens (including phenoxy) is 1. The van der Waals surface area contributed by atoms with Crippen LogP contribution in [0, 0.1) is 5.82 Å². The lowest BCUT2D eigenvalue weighted by Gasteiger charge is -2.38. The minimum atomic E-state index is -0.292. The second kappa shape index (κ2) is 5.27. The number of carbonyl (C=O) groups is 1. The molecule has 1 aromatic rings. The zero-order valence-corrected chi connectivity index (χ0v) is 10.6. The molecular weight excluding hydrogens is 247 g/mol. The van der Waals surface area contributed by atoms with Gasteiger partial charge in [0.1, 0.15) is 5.82 Å². The third-order valence-corrected chi connectivity index (χ3v) is 3.69. The van der Waals surface area contributed by atoms with Crippen LogP contribution in [0.1, 0.15) is 12.8 Å². The van der Waals surface area contributed by atoms with Crippen LogP contribution in [-0.2, 0) is 9.53 Å². The van der Waals surface area contributed by atoms with E-state index in [2.05, 4.69) is 5.32 Å². The van der Waals surface area contributed by atoms with E-state index >= 15 is 0 Å². The molecule has 4 nitrogen and oxygen atoms in total. The van der Waals surface area contributed by atoms with Crippen molar-refractivity contribution in [2.24, 2.45) is 0 Å². The monoisotopic (exact) mass is 264 g/mol. The molecule has 1 N–H and O–H groups in total. The predicted molar refractivity (Wildman–Crippen MR) is 69.5 cm³/mol. The highest BCUT2D eigenvalue weighted by Crippen LogP contribution is 2.24. The van der Waals surface area contributed by atoms with Crippen molar-refractivity contribution in [1.82, 2.24) is 5.32 Å². The van der Waals surface area contributed by atoms with Crippen molar-refractivity contribution in [3.8, 4) is 0 Å². The lowest BCUT2D eigenvalue weighted by Crippen LogP contribution is -2.56. The smallest absolute Gasteiger partial charge is 0.244 e. The quantitative estimate of drug-likeness (QED) is 0.895. The van der Waals surface area contributed by atoms with Crippen molar-refractivity contribution in [3.05, 3.63) is 30.1 Å². The molecule has 1 aromatic carbocycles. The van der Waals surface area contributed by atoms with Gasteiger partial charge in [-0.15, -0.1) is 0 Å². The molecule has 19 heavy (non-hydrogen) atoms. The second-order valence-electron chi connectivity index (χ2n) is 5.02. The number of rotatable bonds is 3. The van der Waals surface area contributed by atoms with Crippen molar-refractivity contribution < 1.29 is 13.9 Å². The predicted octanol–water partition coefficient (Wildman–Crippen LogP) is 1.31. The van der Waals surface area contributed by atoms with Gasteiger partial charge < -0.3 is 15.0 Å². The fourth-order valence-corrected chi connectivity index (χ4v) is 2.56. The van der Waals surface area contributed by atoms with Gasteiger partial charge in [-0.05, 0) is 43.7 Å². The molecule has 0 radical (unpaired) electrons. The number of amides is 1. The summed E-state index contributed by atoms with van der Waals surface area (Å²) in [7, 11) is 0. The third-order valence-electron chi connectivity index (χ3n) is 3.69. The van der Waals surface area contributed by atoms with E-state index in [9.17, 15) is 9.18 Å². The Kier molecular flexibility index (Phi) is 3.48. The van der Waals surface area contributed by atoms with Crippen LogP contribution in [-0.4, -0.2) is 37.7 Å². The number of halogens is 1. The first-order chi connectivity index (χ1) is 9.25. The third kappa shape index (κ3) is 2.48. The van der Waals surface area contributed by atoms with Gasteiger partial charge in [0, 0.05) is 5.69 Å². The van der Waals surface area contributed by atoms with Gasteiger partial charge in [-0.25, -0.2) is 4.39 Å². The van der Waals surface area contributed by atoms with Crippen molar-refractivity contribution in [2.75, 3.05) is 24.7 Å². The summed E-state index contributed by atoms with van der Waals surface area (Å²) < 4.78 is 18.2. The maximum atomic E-state index is 13.0. The van der Waals surface area contributed by atoms with E-state index < -0.39 is 0 Å². The molecule has 2 heterocycles. The summed E-state index contributed by atoms with van der Waals surface area (Å²) in [5.74, 6) is -0.225. The molecule has 1 unspecified atom stereocenters. The molecule has 2 aliphatic rings. The molecule has 5 heteroatoms. The minimum absolute atomic E-state index is 0.0670. The molecule has 2 fully saturated rings.